The average molecular weight is 855 g/mol. The zero-order chi connectivity index (χ0) is 41.5. The van der Waals surface area contributed by atoms with Gasteiger partial charge in [-0.3, -0.25) is 0 Å². The van der Waals surface area contributed by atoms with Gasteiger partial charge in [-0.15, -0.1) is 0 Å². The Morgan fingerprint density at radius 1 is 0.448 bits per heavy atom. The standard InChI is InChI=1S/C31H28O4.2C7H8O3S.Ti/c1-29(2)34-27(30(32,23-15-7-3-8-16-23)24-17-9-4-10-18-24)28(35-29)31(33,25-19-11-5-12-20-25)26-21-13-6-14-22-26;2*1-6-2-4-7(5-3-6)11(8,9)10;/h3-22,27-28H,1-2H3;2*2-5H,1H3,(H,8,9,10);/q-2;;;+4/p-2/t27-,28-;;;/m1.../s1. The van der Waals surface area contributed by atoms with E-state index in [2.05, 4.69) is 0 Å². The van der Waals surface area contributed by atoms with Crippen molar-refractivity contribution in [2.24, 2.45) is 0 Å². The summed E-state index contributed by atoms with van der Waals surface area (Å²) in [6, 6.07) is 48.1. The number of benzene rings is 6. The van der Waals surface area contributed by atoms with Crippen LogP contribution in [0.15, 0.2) is 180 Å². The molecule has 298 valence electrons. The number of rotatable bonds is 8. The molecule has 1 saturated heterocycles. The molecule has 0 amide bonds. The molecule has 2 atom stereocenters. The fraction of sp³-hybridized carbons (Fsp3) is 0.200. The fourth-order valence-corrected chi connectivity index (χ4v) is 7.44. The molecule has 1 fully saturated rings. The summed E-state index contributed by atoms with van der Waals surface area (Å²) >= 11 is 0. The van der Waals surface area contributed by atoms with E-state index in [0.717, 1.165) is 11.1 Å². The summed E-state index contributed by atoms with van der Waals surface area (Å²) in [4.78, 5) is -0.355. The van der Waals surface area contributed by atoms with Crippen molar-refractivity contribution in [2.45, 2.75) is 66.7 Å². The second kappa shape index (κ2) is 19.2. The maximum absolute atomic E-state index is 15.2. The fourth-order valence-electron chi connectivity index (χ4n) is 6.50. The van der Waals surface area contributed by atoms with E-state index in [1.807, 2.05) is 86.6 Å². The smallest absolute Gasteiger partial charge is 0.841 e. The molecule has 6 aromatic carbocycles. The minimum Gasteiger partial charge on any atom is -0.841 e. The van der Waals surface area contributed by atoms with Crippen LogP contribution < -0.4 is 10.2 Å². The molecular formula is C45H42O10S2Ti. The molecule has 6 aromatic rings. The maximum Gasteiger partial charge on any atom is 4.00 e. The molecule has 1 aliphatic heterocycles. The van der Waals surface area contributed by atoms with Gasteiger partial charge in [0.25, 0.3) is 0 Å². The van der Waals surface area contributed by atoms with Crippen molar-refractivity contribution in [3.8, 4) is 0 Å². The molecular weight excluding hydrogens is 812 g/mol. The molecule has 7 rings (SSSR count). The quantitative estimate of drug-likeness (QED) is 0.132. The molecule has 0 aliphatic carbocycles. The molecule has 13 heteroatoms. The minimum atomic E-state index is -4.27. The summed E-state index contributed by atoms with van der Waals surface area (Å²) in [5, 5.41) is 30.3. The largest absolute Gasteiger partial charge is 4.00 e. The number of aryl methyl sites for hydroxylation is 2. The van der Waals surface area contributed by atoms with E-state index in [4.69, 9.17) is 9.47 Å². The molecule has 0 N–H and O–H groups in total. The predicted octanol–water partition coefficient (Wildman–Crippen LogP) is 5.91. The molecule has 0 radical (unpaired) electrons. The van der Waals surface area contributed by atoms with Crippen LogP contribution in [-0.2, 0) is 62.6 Å². The van der Waals surface area contributed by atoms with E-state index < -0.39 is 49.4 Å². The first-order valence-electron chi connectivity index (χ1n) is 17.9. The van der Waals surface area contributed by atoms with Crippen molar-refractivity contribution in [1.29, 1.82) is 0 Å². The SMILES string of the molecule is CC1(C)O[C@@H](C([O-])(c2ccccc2)c2ccccc2)[C@H](C([O-])(c2ccccc2)c2ccccc2)O1.Cc1ccc(S(=O)(=O)[O-])cc1.Cc1ccc(S(=O)(=O)[O-])cc1.[Ti+4]. The Labute approximate surface area is 355 Å². The van der Waals surface area contributed by atoms with Crippen molar-refractivity contribution >= 4 is 20.2 Å². The van der Waals surface area contributed by atoms with Crippen LogP contribution in [0.5, 0.6) is 0 Å². The minimum absolute atomic E-state index is 0. The summed E-state index contributed by atoms with van der Waals surface area (Å²) in [7, 11) is -8.54. The van der Waals surface area contributed by atoms with Gasteiger partial charge in [-0.2, -0.15) is 0 Å². The van der Waals surface area contributed by atoms with E-state index in [0.29, 0.717) is 22.3 Å². The van der Waals surface area contributed by atoms with Gasteiger partial charge in [-0.05, 0) is 63.2 Å². The van der Waals surface area contributed by atoms with Crippen molar-refractivity contribution in [3.05, 3.63) is 203 Å². The molecule has 0 bridgehead atoms. The summed E-state index contributed by atoms with van der Waals surface area (Å²) in [6.07, 6.45) is -2.22. The van der Waals surface area contributed by atoms with Crippen LogP contribution in [0.3, 0.4) is 0 Å². The Kier molecular flexibility index (Phi) is 15.3. The van der Waals surface area contributed by atoms with E-state index in [1.165, 1.54) is 24.3 Å². The molecule has 0 unspecified atom stereocenters. The van der Waals surface area contributed by atoms with Crippen molar-refractivity contribution < 1.29 is 67.3 Å². The van der Waals surface area contributed by atoms with E-state index in [-0.39, 0.29) is 31.5 Å². The third kappa shape index (κ3) is 11.0. The van der Waals surface area contributed by atoms with Crippen LogP contribution >= 0.6 is 0 Å². The molecule has 0 spiro atoms. The first kappa shape index (κ1) is 46.4. The molecule has 10 nitrogen and oxygen atoms in total. The van der Waals surface area contributed by atoms with Crippen LogP contribution in [0, 0.1) is 13.8 Å². The number of hydrogen-bond donors (Lipinski definition) is 0. The third-order valence-corrected chi connectivity index (χ3v) is 11.0. The Morgan fingerprint density at radius 3 is 0.879 bits per heavy atom. The van der Waals surface area contributed by atoms with Crippen LogP contribution in [0.2, 0.25) is 0 Å². The molecule has 1 aliphatic rings. The van der Waals surface area contributed by atoms with Crippen LogP contribution in [-0.4, -0.2) is 43.9 Å². The van der Waals surface area contributed by atoms with Gasteiger partial charge < -0.3 is 28.8 Å². The Morgan fingerprint density at radius 2 is 0.672 bits per heavy atom. The second-order valence-corrected chi connectivity index (χ2v) is 16.7. The summed E-state index contributed by atoms with van der Waals surface area (Å²) in [5.41, 5.74) is 0.157. The summed E-state index contributed by atoms with van der Waals surface area (Å²) in [5.74, 6) is -1.13. The third-order valence-electron chi connectivity index (χ3n) is 9.33. The zero-order valence-electron chi connectivity index (χ0n) is 32.2. The number of hydrogen-bond acceptors (Lipinski definition) is 10. The van der Waals surface area contributed by atoms with Crippen LogP contribution in [0.1, 0.15) is 47.2 Å². The van der Waals surface area contributed by atoms with Gasteiger partial charge in [0.2, 0.25) is 0 Å². The number of ether oxygens (including phenoxy) is 2. The van der Waals surface area contributed by atoms with Gasteiger partial charge in [0.1, 0.15) is 20.2 Å². The molecule has 58 heavy (non-hydrogen) atoms. The maximum atomic E-state index is 15.2. The Hall–Kier alpha value is -4.31. The van der Waals surface area contributed by atoms with Gasteiger partial charge in [-0.25, -0.2) is 16.8 Å². The summed E-state index contributed by atoms with van der Waals surface area (Å²) < 4.78 is 75.1. The topological polar surface area (TPSA) is 179 Å². The molecule has 1 heterocycles. The Bertz CT molecular complexity index is 2160. The van der Waals surface area contributed by atoms with Gasteiger partial charge in [0.15, 0.2) is 5.79 Å². The van der Waals surface area contributed by atoms with E-state index in [1.54, 1.807) is 86.6 Å². The Balaban J connectivity index is 0.000000264. The van der Waals surface area contributed by atoms with Crippen LogP contribution in [0.25, 0.3) is 0 Å². The first-order valence-corrected chi connectivity index (χ1v) is 20.7. The van der Waals surface area contributed by atoms with Crippen molar-refractivity contribution in [2.75, 3.05) is 0 Å². The van der Waals surface area contributed by atoms with Gasteiger partial charge >= 0.3 is 21.7 Å². The van der Waals surface area contributed by atoms with Crippen molar-refractivity contribution in [1.82, 2.24) is 0 Å². The average Bonchev–Trinajstić information content (AvgIpc) is 3.54. The van der Waals surface area contributed by atoms with Crippen LogP contribution in [0.4, 0.5) is 0 Å². The normalized spacial score (nSPS) is 16.4. The molecule has 0 saturated carbocycles. The monoisotopic (exact) mass is 854 g/mol. The predicted molar refractivity (Wildman–Crippen MR) is 209 cm³/mol. The van der Waals surface area contributed by atoms with Gasteiger partial charge in [0, 0.05) is 0 Å². The first-order chi connectivity index (χ1) is 26.9. The van der Waals surface area contributed by atoms with Crippen molar-refractivity contribution in [3.63, 3.8) is 0 Å². The second-order valence-electron chi connectivity index (χ2n) is 13.9. The van der Waals surface area contributed by atoms with Gasteiger partial charge in [0.05, 0.1) is 22.0 Å². The molecule has 0 aromatic heterocycles. The summed E-state index contributed by atoms with van der Waals surface area (Å²) in [6.45, 7) is 7.15. The van der Waals surface area contributed by atoms with E-state index >= 15 is 10.2 Å². The van der Waals surface area contributed by atoms with Gasteiger partial charge in [-0.1, -0.05) is 179 Å². The van der Waals surface area contributed by atoms with E-state index in [9.17, 15) is 25.9 Å². The zero-order valence-corrected chi connectivity index (χ0v) is 35.4.